The summed E-state index contributed by atoms with van der Waals surface area (Å²) in [6.45, 7) is 0. The molecule has 0 aliphatic carbocycles. The Kier molecular flexibility index (Phi) is 7.61. The van der Waals surface area contributed by atoms with Crippen LogP contribution in [0.3, 0.4) is 0 Å². The van der Waals surface area contributed by atoms with Crippen molar-refractivity contribution in [2.45, 2.75) is 0 Å². The van der Waals surface area contributed by atoms with Crippen LogP contribution in [0.5, 0.6) is 0 Å². The molecule has 50 heavy (non-hydrogen) atoms. The Labute approximate surface area is 293 Å². The molecule has 0 radical (unpaired) electrons. The minimum absolute atomic E-state index is 1.21. The largest absolute Gasteiger partial charge is 0.0622 e. The first kappa shape index (κ1) is 29.6. The molecule has 9 aromatic rings. The standard InChI is InChI=1S/C50H34/c1-5-13-35(14-6-1)39-21-25-41(26-22-39)49-45-31-29-43(37-17-9-3-10-18-37)33-47(45)48-34-44(38-19-11-4-12-20-38)30-32-46(48)50(49)42-27-23-40(24-28-42)36-15-7-2-8-16-36/h1-34H. The number of fused-ring (bicyclic) bond motifs is 3. The van der Waals surface area contributed by atoms with Gasteiger partial charge >= 0.3 is 0 Å². The van der Waals surface area contributed by atoms with E-state index in [2.05, 4.69) is 206 Å². The molecule has 234 valence electrons. The van der Waals surface area contributed by atoms with Crippen LogP contribution in [0.1, 0.15) is 0 Å². The Balaban J connectivity index is 1.34. The fourth-order valence-electron chi connectivity index (χ4n) is 7.38. The van der Waals surface area contributed by atoms with Gasteiger partial charge in [0.05, 0.1) is 0 Å². The van der Waals surface area contributed by atoms with Crippen molar-refractivity contribution in [3.63, 3.8) is 0 Å². The topological polar surface area (TPSA) is 0 Å². The van der Waals surface area contributed by atoms with Gasteiger partial charge < -0.3 is 0 Å². The molecule has 0 N–H and O–H groups in total. The van der Waals surface area contributed by atoms with Crippen LogP contribution in [0.2, 0.25) is 0 Å². The third kappa shape index (κ3) is 5.48. The summed E-state index contributed by atoms with van der Waals surface area (Å²) < 4.78 is 0. The van der Waals surface area contributed by atoms with E-state index in [-0.39, 0.29) is 0 Å². The number of benzene rings is 9. The Hall–Kier alpha value is -6.50. The summed E-state index contributed by atoms with van der Waals surface area (Å²) in [5.74, 6) is 0. The second-order valence-electron chi connectivity index (χ2n) is 12.9. The van der Waals surface area contributed by atoms with Gasteiger partial charge in [0.15, 0.2) is 0 Å². The minimum Gasteiger partial charge on any atom is -0.0622 e. The monoisotopic (exact) mass is 634 g/mol. The maximum Gasteiger partial charge on any atom is -0.00203 e. The SMILES string of the molecule is c1ccc(-c2ccc(-c3c(-c4ccc(-c5ccccc5)cc4)c4ccc(-c5ccccc5)cc4c4cc(-c5ccccc5)ccc34)cc2)cc1. The van der Waals surface area contributed by atoms with Crippen LogP contribution in [-0.4, -0.2) is 0 Å². The molecule has 0 heterocycles. The molecule has 0 fully saturated rings. The van der Waals surface area contributed by atoms with E-state index in [1.165, 1.54) is 88.3 Å². The number of hydrogen-bond acceptors (Lipinski definition) is 0. The van der Waals surface area contributed by atoms with Crippen LogP contribution in [0.15, 0.2) is 206 Å². The lowest BCUT2D eigenvalue weighted by atomic mass is 9.83. The highest BCUT2D eigenvalue weighted by molar-refractivity contribution is 6.22. The van der Waals surface area contributed by atoms with Gasteiger partial charge in [-0.15, -0.1) is 0 Å². The molecule has 0 unspecified atom stereocenters. The Morgan fingerprint density at radius 2 is 0.400 bits per heavy atom. The molecule has 9 rings (SSSR count). The summed E-state index contributed by atoms with van der Waals surface area (Å²) in [5, 5.41) is 5.01. The molecule has 9 aromatic carbocycles. The first-order chi connectivity index (χ1) is 24.8. The van der Waals surface area contributed by atoms with Gasteiger partial charge in [-0.25, -0.2) is 0 Å². The zero-order valence-corrected chi connectivity index (χ0v) is 27.6. The summed E-state index contributed by atoms with van der Waals surface area (Å²) in [4.78, 5) is 0. The first-order valence-corrected chi connectivity index (χ1v) is 17.3. The normalized spacial score (nSPS) is 11.2. The van der Waals surface area contributed by atoms with Gasteiger partial charge in [0.1, 0.15) is 0 Å². The highest BCUT2D eigenvalue weighted by atomic mass is 14.2. The van der Waals surface area contributed by atoms with Crippen molar-refractivity contribution in [1.29, 1.82) is 0 Å². The second kappa shape index (κ2) is 12.8. The highest BCUT2D eigenvalue weighted by Crippen LogP contribution is 2.47. The van der Waals surface area contributed by atoms with Crippen molar-refractivity contribution in [2.75, 3.05) is 0 Å². The van der Waals surface area contributed by atoms with Crippen LogP contribution < -0.4 is 0 Å². The molecule has 0 amide bonds. The molecule has 0 bridgehead atoms. The molecule has 0 saturated carbocycles. The predicted octanol–water partition coefficient (Wildman–Crippen LogP) is 14.0. The third-order valence-corrected chi connectivity index (χ3v) is 9.89. The van der Waals surface area contributed by atoms with Crippen LogP contribution >= 0.6 is 0 Å². The zero-order valence-electron chi connectivity index (χ0n) is 27.6. The van der Waals surface area contributed by atoms with E-state index in [1.54, 1.807) is 0 Å². The summed E-state index contributed by atoms with van der Waals surface area (Å²) >= 11 is 0. The molecule has 0 aliphatic rings. The van der Waals surface area contributed by atoms with Crippen molar-refractivity contribution in [3.05, 3.63) is 206 Å². The zero-order chi connectivity index (χ0) is 33.3. The van der Waals surface area contributed by atoms with Crippen LogP contribution in [0.4, 0.5) is 0 Å². The van der Waals surface area contributed by atoms with Gasteiger partial charge in [-0.05, 0) is 100 Å². The third-order valence-electron chi connectivity index (χ3n) is 9.89. The number of hydrogen-bond donors (Lipinski definition) is 0. The predicted molar refractivity (Wildman–Crippen MR) is 214 cm³/mol. The average Bonchev–Trinajstić information content (AvgIpc) is 3.21. The van der Waals surface area contributed by atoms with Crippen molar-refractivity contribution in [1.82, 2.24) is 0 Å². The van der Waals surface area contributed by atoms with Gasteiger partial charge in [0.25, 0.3) is 0 Å². The molecule has 0 aliphatic heterocycles. The Morgan fingerprint density at radius 3 is 0.720 bits per heavy atom. The molecule has 0 saturated heterocycles. The summed E-state index contributed by atoms with van der Waals surface area (Å²) in [6, 6.07) is 75.0. The van der Waals surface area contributed by atoms with E-state index >= 15 is 0 Å². The van der Waals surface area contributed by atoms with Gasteiger partial charge in [-0.2, -0.15) is 0 Å². The minimum atomic E-state index is 1.21. The Morgan fingerprint density at radius 1 is 0.160 bits per heavy atom. The van der Waals surface area contributed by atoms with Crippen LogP contribution in [0, 0.1) is 0 Å². The highest BCUT2D eigenvalue weighted by Gasteiger charge is 2.19. The van der Waals surface area contributed by atoms with Crippen molar-refractivity contribution < 1.29 is 0 Å². The molecule has 0 nitrogen and oxygen atoms in total. The Bertz CT molecular complexity index is 2380. The van der Waals surface area contributed by atoms with E-state index < -0.39 is 0 Å². The van der Waals surface area contributed by atoms with Crippen molar-refractivity contribution in [3.8, 4) is 66.8 Å². The summed E-state index contributed by atoms with van der Waals surface area (Å²) in [5.41, 5.74) is 14.7. The lowest BCUT2D eigenvalue weighted by molar-refractivity contribution is 1.58. The summed E-state index contributed by atoms with van der Waals surface area (Å²) in [7, 11) is 0. The maximum absolute atomic E-state index is 2.39. The molecular weight excluding hydrogens is 601 g/mol. The van der Waals surface area contributed by atoms with E-state index in [0.717, 1.165) is 0 Å². The van der Waals surface area contributed by atoms with Crippen LogP contribution in [-0.2, 0) is 0 Å². The van der Waals surface area contributed by atoms with Crippen LogP contribution in [0.25, 0.3) is 88.3 Å². The lowest BCUT2D eigenvalue weighted by Gasteiger charge is -2.20. The lowest BCUT2D eigenvalue weighted by Crippen LogP contribution is -1.93. The maximum atomic E-state index is 2.39. The van der Waals surface area contributed by atoms with Gasteiger partial charge in [-0.3, -0.25) is 0 Å². The molecule has 0 heteroatoms. The van der Waals surface area contributed by atoms with Gasteiger partial charge in [-0.1, -0.05) is 194 Å². The quantitative estimate of drug-likeness (QED) is 0.160. The molecule has 0 spiro atoms. The van der Waals surface area contributed by atoms with Gasteiger partial charge in [0, 0.05) is 0 Å². The van der Waals surface area contributed by atoms with Gasteiger partial charge in [0.2, 0.25) is 0 Å². The van der Waals surface area contributed by atoms with Crippen molar-refractivity contribution in [2.24, 2.45) is 0 Å². The fourth-order valence-corrected chi connectivity index (χ4v) is 7.38. The number of rotatable bonds is 6. The first-order valence-electron chi connectivity index (χ1n) is 17.3. The second-order valence-corrected chi connectivity index (χ2v) is 12.9. The average molecular weight is 635 g/mol. The van der Waals surface area contributed by atoms with E-state index in [1.807, 2.05) is 0 Å². The van der Waals surface area contributed by atoms with E-state index in [4.69, 9.17) is 0 Å². The fraction of sp³-hybridized carbons (Fsp3) is 0. The smallest absolute Gasteiger partial charge is 0.00203 e. The summed E-state index contributed by atoms with van der Waals surface area (Å²) in [6.07, 6.45) is 0. The molecule has 0 atom stereocenters. The van der Waals surface area contributed by atoms with E-state index in [0.29, 0.717) is 0 Å². The molecular formula is C50H34. The molecule has 0 aromatic heterocycles. The van der Waals surface area contributed by atoms with E-state index in [9.17, 15) is 0 Å². The van der Waals surface area contributed by atoms with Crippen molar-refractivity contribution >= 4 is 21.5 Å².